The smallest absolute Gasteiger partial charge is 0.414 e. The van der Waals surface area contributed by atoms with Crippen molar-refractivity contribution in [1.82, 2.24) is 15.1 Å². The molecule has 5 atom stereocenters. The second-order valence-electron chi connectivity index (χ2n) is 10.3. The van der Waals surface area contributed by atoms with Crippen LogP contribution in [0.2, 0.25) is 0 Å². The van der Waals surface area contributed by atoms with Gasteiger partial charge < -0.3 is 19.5 Å². The molecule has 39 heavy (non-hydrogen) atoms. The number of likely N-dealkylation sites (tertiary alicyclic amines) is 1. The molecular formula is C28H35F3N4O4. The highest BCUT2D eigenvalue weighted by molar-refractivity contribution is 5.71. The summed E-state index contributed by atoms with van der Waals surface area (Å²) in [6.45, 7) is 4.63. The van der Waals surface area contributed by atoms with E-state index in [0.717, 1.165) is 55.1 Å². The lowest BCUT2D eigenvalue weighted by atomic mass is 9.74. The average Bonchev–Trinajstić information content (AvgIpc) is 3.25. The number of halogens is 3. The molecule has 0 radical (unpaired) electrons. The molecule has 2 N–H and O–H groups in total. The Morgan fingerprint density at radius 3 is 2.64 bits per heavy atom. The number of benzene rings is 1. The zero-order valence-corrected chi connectivity index (χ0v) is 22.2. The molecule has 1 amide bonds. The number of amides is 1. The van der Waals surface area contributed by atoms with Crippen molar-refractivity contribution in [2.45, 2.75) is 44.7 Å². The summed E-state index contributed by atoms with van der Waals surface area (Å²) in [5.41, 5.74) is 1.31. The minimum absolute atomic E-state index is 0.0186. The number of nitrogens with zero attached hydrogens (tertiary/aromatic N) is 3. The molecule has 0 saturated carbocycles. The number of rotatable bonds is 10. The number of allylic oxidation sites excluding steroid dienone is 4. The van der Waals surface area contributed by atoms with E-state index in [4.69, 9.17) is 9.47 Å². The van der Waals surface area contributed by atoms with Crippen LogP contribution < -0.4 is 5.32 Å². The van der Waals surface area contributed by atoms with Gasteiger partial charge in [0.05, 0.1) is 18.6 Å². The molecular weight excluding hydrogens is 513 g/mol. The van der Waals surface area contributed by atoms with Crippen molar-refractivity contribution in [3.8, 4) is 6.07 Å². The summed E-state index contributed by atoms with van der Waals surface area (Å²) in [4.78, 5) is 16.0. The van der Waals surface area contributed by atoms with Crippen molar-refractivity contribution in [3.05, 3.63) is 58.9 Å². The summed E-state index contributed by atoms with van der Waals surface area (Å²) < 4.78 is 51.8. The van der Waals surface area contributed by atoms with E-state index >= 15 is 0 Å². The molecule has 1 aromatic carbocycles. The van der Waals surface area contributed by atoms with E-state index in [-0.39, 0.29) is 23.9 Å². The van der Waals surface area contributed by atoms with E-state index in [9.17, 15) is 28.3 Å². The second-order valence-corrected chi connectivity index (χ2v) is 10.3. The summed E-state index contributed by atoms with van der Waals surface area (Å²) >= 11 is 0. The van der Waals surface area contributed by atoms with Gasteiger partial charge in [0.2, 0.25) is 0 Å². The van der Waals surface area contributed by atoms with Crippen LogP contribution in [0.3, 0.4) is 0 Å². The van der Waals surface area contributed by atoms with Crippen molar-refractivity contribution in [2.75, 3.05) is 39.9 Å². The minimum atomic E-state index is -1.40. The van der Waals surface area contributed by atoms with E-state index in [1.54, 1.807) is 13.0 Å². The average molecular weight is 549 g/mol. The number of carbonyl (C=O) groups is 1. The topological polar surface area (TPSA) is 98.1 Å². The van der Waals surface area contributed by atoms with Crippen molar-refractivity contribution in [3.63, 3.8) is 0 Å². The lowest BCUT2D eigenvalue weighted by molar-refractivity contribution is -0.0120. The first-order valence-corrected chi connectivity index (χ1v) is 13.3. The minimum Gasteiger partial charge on any atom is -0.441 e. The third kappa shape index (κ3) is 6.47. The number of hydrogen-bond acceptors (Lipinski definition) is 7. The molecule has 0 aromatic heterocycles. The number of aliphatic hydroxyl groups is 1. The van der Waals surface area contributed by atoms with Crippen LogP contribution in [-0.4, -0.2) is 73.4 Å². The number of nitriles is 1. The second kappa shape index (κ2) is 13.0. The molecule has 0 bridgehead atoms. The Morgan fingerprint density at radius 1 is 1.23 bits per heavy atom. The summed E-state index contributed by atoms with van der Waals surface area (Å²) in [6, 6.07) is 4.72. The Morgan fingerprint density at radius 2 is 1.97 bits per heavy atom. The number of aliphatic hydroxyl groups excluding tert-OH is 1. The molecule has 2 saturated heterocycles. The molecule has 4 rings (SSSR count). The normalized spacial score (nSPS) is 27.1. The summed E-state index contributed by atoms with van der Waals surface area (Å²) in [5.74, 6) is -2.90. The van der Waals surface area contributed by atoms with Crippen molar-refractivity contribution < 1.29 is 32.5 Å². The highest BCUT2D eigenvalue weighted by Crippen LogP contribution is 2.39. The van der Waals surface area contributed by atoms with Crippen LogP contribution in [0.25, 0.3) is 0 Å². The van der Waals surface area contributed by atoms with Crippen molar-refractivity contribution in [1.29, 1.82) is 5.26 Å². The molecule has 2 fully saturated rings. The Labute approximate surface area is 226 Å². The van der Waals surface area contributed by atoms with Crippen LogP contribution in [-0.2, 0) is 9.47 Å². The highest BCUT2D eigenvalue weighted by atomic mass is 19.2. The summed E-state index contributed by atoms with van der Waals surface area (Å²) in [5, 5.41) is 23.3. The number of carbonyl (C=O) groups excluding carboxylic acids is 1. The molecule has 2 heterocycles. The summed E-state index contributed by atoms with van der Waals surface area (Å²) in [7, 11) is 1.43. The maximum Gasteiger partial charge on any atom is 0.414 e. The lowest BCUT2D eigenvalue weighted by Gasteiger charge is -2.36. The van der Waals surface area contributed by atoms with E-state index < -0.39 is 48.1 Å². The third-order valence-electron chi connectivity index (χ3n) is 7.90. The fourth-order valence-electron chi connectivity index (χ4n) is 5.74. The van der Waals surface area contributed by atoms with Crippen molar-refractivity contribution >= 4 is 6.09 Å². The van der Waals surface area contributed by atoms with Crippen LogP contribution in [0.1, 0.15) is 37.8 Å². The van der Waals surface area contributed by atoms with Gasteiger partial charge in [0.15, 0.2) is 24.1 Å². The number of methoxy groups -OCH3 is 1. The molecule has 0 spiro atoms. The van der Waals surface area contributed by atoms with Crippen LogP contribution in [0, 0.1) is 40.7 Å². The van der Waals surface area contributed by atoms with Gasteiger partial charge in [-0.15, -0.1) is 0 Å². The largest absolute Gasteiger partial charge is 0.441 e. The van der Waals surface area contributed by atoms with Gasteiger partial charge in [0.25, 0.3) is 0 Å². The lowest BCUT2D eigenvalue weighted by Crippen LogP contribution is -2.48. The first-order valence-electron chi connectivity index (χ1n) is 13.3. The number of nitrogens with one attached hydrogen (secondary N) is 1. The first kappa shape index (κ1) is 29.1. The Bertz CT molecular complexity index is 1130. The van der Waals surface area contributed by atoms with Gasteiger partial charge in [0.1, 0.15) is 11.9 Å². The zero-order chi connectivity index (χ0) is 28.1. The van der Waals surface area contributed by atoms with Gasteiger partial charge in [-0.05, 0) is 74.2 Å². The number of cyclic esters (lactones) is 1. The van der Waals surface area contributed by atoms with Gasteiger partial charge in [-0.3, -0.25) is 10.2 Å². The van der Waals surface area contributed by atoms with Crippen molar-refractivity contribution in [2.24, 2.45) is 17.8 Å². The van der Waals surface area contributed by atoms with Gasteiger partial charge in [-0.1, -0.05) is 19.1 Å². The molecule has 2 aliphatic heterocycles. The summed E-state index contributed by atoms with van der Waals surface area (Å²) in [6.07, 6.45) is 2.74. The van der Waals surface area contributed by atoms with Gasteiger partial charge in [0, 0.05) is 19.6 Å². The molecule has 212 valence electrons. The van der Waals surface area contributed by atoms with Crippen LogP contribution >= 0.6 is 0 Å². The number of ether oxygens (including phenoxy) is 2. The molecule has 4 unspecified atom stereocenters. The monoisotopic (exact) mass is 548 g/mol. The molecule has 1 aliphatic carbocycles. The van der Waals surface area contributed by atoms with Crippen LogP contribution in [0.4, 0.5) is 18.0 Å². The predicted molar refractivity (Wildman–Crippen MR) is 136 cm³/mol. The third-order valence-corrected chi connectivity index (χ3v) is 7.90. The molecule has 11 heteroatoms. The highest BCUT2D eigenvalue weighted by Gasteiger charge is 2.46. The standard InChI is InChI=1S/C28H35F3N4O4/c1-17-21(15-32)20(5-7-22(17)29)18-8-12-34(13-9-18)11-3-10-33-27(36)35-26(25(16-38-2)39-28(35)37)19-4-6-23(30)24(31)14-19/h4-7,14,17-18,21,25-27,33,36H,3,8-13,16H2,1-2H3/t17?,21?,25-,26?,27?/m0/s1. The Kier molecular flexibility index (Phi) is 9.67. The molecule has 3 aliphatic rings. The van der Waals surface area contributed by atoms with Gasteiger partial charge in [-0.2, -0.15) is 5.26 Å². The quantitative estimate of drug-likeness (QED) is 0.337. The molecule has 1 aromatic rings. The van der Waals surface area contributed by atoms with E-state index in [1.165, 1.54) is 19.3 Å². The maximum absolute atomic E-state index is 13.9. The van der Waals surface area contributed by atoms with E-state index in [0.29, 0.717) is 13.0 Å². The van der Waals surface area contributed by atoms with Gasteiger partial charge in [-0.25, -0.2) is 18.0 Å². The fourth-order valence-corrected chi connectivity index (χ4v) is 5.74. The SMILES string of the molecule is COC[C@@H]1OC(=O)N(C(O)NCCCN2CCC(C3=CC=C(F)C(C)C3C#N)CC2)C1c1ccc(F)c(F)c1. The zero-order valence-electron chi connectivity index (χ0n) is 22.2. The molecule has 8 nitrogen and oxygen atoms in total. The Balaban J connectivity index is 1.27. The Hall–Kier alpha value is -2.91. The maximum atomic E-state index is 13.9. The number of hydrogen-bond donors (Lipinski definition) is 2. The fraction of sp³-hybridized carbons (Fsp3) is 0.571. The van der Waals surface area contributed by atoms with Crippen LogP contribution in [0.15, 0.2) is 41.8 Å². The van der Waals surface area contributed by atoms with Gasteiger partial charge >= 0.3 is 6.09 Å². The predicted octanol–water partition coefficient (Wildman–Crippen LogP) is 4.01. The van der Waals surface area contributed by atoms with Crippen LogP contribution in [0.5, 0.6) is 0 Å². The number of piperidine rings is 1. The van der Waals surface area contributed by atoms with E-state index in [2.05, 4.69) is 16.3 Å². The van der Waals surface area contributed by atoms with E-state index in [1.807, 2.05) is 0 Å². The first-order chi connectivity index (χ1) is 18.7.